The highest BCUT2D eigenvalue weighted by molar-refractivity contribution is 9.10. The van der Waals surface area contributed by atoms with Crippen molar-refractivity contribution in [2.45, 2.75) is 51.0 Å². The standard InChI is InChI=1S/C22H25BrN2/c23-19-13-9-12-18-21(19)16-10-6-7-11-17(16)22(18)25-20-14-5-3-1-2-4-8-15-24-20/h6-7,9-13,22H,1-5,8,14-15H2,(H,24,25). The van der Waals surface area contributed by atoms with Gasteiger partial charge in [0.25, 0.3) is 0 Å². The van der Waals surface area contributed by atoms with Gasteiger partial charge in [0.05, 0.1) is 11.9 Å². The summed E-state index contributed by atoms with van der Waals surface area (Å²) in [4.78, 5) is 4.91. The maximum atomic E-state index is 4.91. The topological polar surface area (TPSA) is 24.4 Å². The number of halogens is 1. The molecule has 2 aromatic rings. The van der Waals surface area contributed by atoms with Gasteiger partial charge in [0.1, 0.15) is 0 Å². The molecule has 2 nitrogen and oxygen atoms in total. The van der Waals surface area contributed by atoms with E-state index in [1.165, 1.54) is 71.1 Å². The molecule has 0 spiro atoms. The summed E-state index contributed by atoms with van der Waals surface area (Å²) in [5, 5.41) is 3.80. The Morgan fingerprint density at radius 1 is 0.840 bits per heavy atom. The molecule has 1 heterocycles. The summed E-state index contributed by atoms with van der Waals surface area (Å²) in [5.74, 6) is 1.19. The van der Waals surface area contributed by atoms with E-state index in [0.717, 1.165) is 13.0 Å². The molecule has 0 fully saturated rings. The van der Waals surface area contributed by atoms with Crippen molar-refractivity contribution >= 4 is 21.8 Å². The zero-order chi connectivity index (χ0) is 17.1. The van der Waals surface area contributed by atoms with Crippen LogP contribution in [0.5, 0.6) is 0 Å². The van der Waals surface area contributed by atoms with E-state index in [1.807, 2.05) is 0 Å². The lowest BCUT2D eigenvalue weighted by Crippen LogP contribution is -2.28. The Bertz CT molecular complexity index is 781. The van der Waals surface area contributed by atoms with Crippen LogP contribution in [0.3, 0.4) is 0 Å². The van der Waals surface area contributed by atoms with Crippen molar-refractivity contribution in [1.29, 1.82) is 0 Å². The lowest BCUT2D eigenvalue weighted by atomic mass is 10.0. The van der Waals surface area contributed by atoms with E-state index in [4.69, 9.17) is 4.99 Å². The molecule has 2 aliphatic rings. The highest BCUT2D eigenvalue weighted by Gasteiger charge is 2.30. The predicted octanol–water partition coefficient (Wildman–Crippen LogP) is 6.25. The third kappa shape index (κ3) is 3.52. The van der Waals surface area contributed by atoms with Crippen LogP contribution in [-0.4, -0.2) is 12.4 Å². The first-order valence-corrected chi connectivity index (χ1v) is 10.3. The third-order valence-corrected chi connectivity index (χ3v) is 5.99. The summed E-state index contributed by atoms with van der Waals surface area (Å²) in [7, 11) is 0. The van der Waals surface area contributed by atoms with Gasteiger partial charge in [-0.3, -0.25) is 4.99 Å². The molecule has 1 aliphatic heterocycles. The zero-order valence-corrected chi connectivity index (χ0v) is 16.2. The van der Waals surface area contributed by atoms with Gasteiger partial charge in [-0.15, -0.1) is 0 Å². The van der Waals surface area contributed by atoms with E-state index in [1.54, 1.807) is 0 Å². The Morgan fingerprint density at radius 3 is 2.52 bits per heavy atom. The number of benzene rings is 2. The molecule has 2 aromatic carbocycles. The summed E-state index contributed by atoms with van der Waals surface area (Å²) in [5.41, 5.74) is 5.39. The second kappa shape index (κ2) is 7.74. The van der Waals surface area contributed by atoms with E-state index in [-0.39, 0.29) is 6.04 Å². The van der Waals surface area contributed by atoms with Crippen molar-refractivity contribution in [3.05, 3.63) is 58.1 Å². The van der Waals surface area contributed by atoms with Gasteiger partial charge in [-0.25, -0.2) is 0 Å². The first kappa shape index (κ1) is 16.8. The second-order valence-corrected chi connectivity index (χ2v) is 7.92. The predicted molar refractivity (Wildman–Crippen MR) is 109 cm³/mol. The van der Waals surface area contributed by atoms with Gasteiger partial charge in [-0.05, 0) is 35.6 Å². The van der Waals surface area contributed by atoms with Gasteiger partial charge in [0.2, 0.25) is 0 Å². The molecule has 3 heteroatoms. The number of rotatable bonds is 1. The first-order chi connectivity index (χ1) is 12.3. The van der Waals surface area contributed by atoms with Crippen molar-refractivity contribution in [1.82, 2.24) is 5.32 Å². The van der Waals surface area contributed by atoms with Crippen molar-refractivity contribution in [2.75, 3.05) is 6.54 Å². The van der Waals surface area contributed by atoms with Crippen LogP contribution in [0.1, 0.15) is 62.1 Å². The van der Waals surface area contributed by atoms with Crippen molar-refractivity contribution in [3.63, 3.8) is 0 Å². The molecule has 25 heavy (non-hydrogen) atoms. The van der Waals surface area contributed by atoms with Crippen LogP contribution in [-0.2, 0) is 0 Å². The molecule has 1 aliphatic carbocycles. The number of amidine groups is 1. The zero-order valence-electron chi connectivity index (χ0n) is 14.6. The van der Waals surface area contributed by atoms with Crippen LogP contribution < -0.4 is 5.32 Å². The second-order valence-electron chi connectivity index (χ2n) is 7.07. The monoisotopic (exact) mass is 396 g/mol. The number of fused-ring (bicyclic) bond motifs is 3. The minimum absolute atomic E-state index is 0.213. The molecule has 4 rings (SSSR count). The Hall–Kier alpha value is -1.61. The maximum absolute atomic E-state index is 4.91. The number of hydrogen-bond donors (Lipinski definition) is 1. The van der Waals surface area contributed by atoms with Crippen LogP contribution in [0.2, 0.25) is 0 Å². The average Bonchev–Trinajstić information content (AvgIpc) is 2.96. The third-order valence-electron chi connectivity index (χ3n) is 5.33. The van der Waals surface area contributed by atoms with Gasteiger partial charge in [0, 0.05) is 23.0 Å². The number of hydrogen-bond acceptors (Lipinski definition) is 2. The summed E-state index contributed by atoms with van der Waals surface area (Å²) in [6, 6.07) is 15.5. The van der Waals surface area contributed by atoms with Gasteiger partial charge < -0.3 is 5.32 Å². The highest BCUT2D eigenvalue weighted by Crippen LogP contribution is 2.46. The van der Waals surface area contributed by atoms with Crippen LogP contribution in [0.25, 0.3) is 11.1 Å². The van der Waals surface area contributed by atoms with E-state index >= 15 is 0 Å². The summed E-state index contributed by atoms with van der Waals surface area (Å²) < 4.78 is 1.18. The molecule has 0 saturated carbocycles. The Balaban J connectivity index is 1.66. The fourth-order valence-electron chi connectivity index (χ4n) is 4.05. The molecule has 0 saturated heterocycles. The van der Waals surface area contributed by atoms with Gasteiger partial charge in [-0.1, -0.05) is 78.0 Å². The quantitative estimate of drug-likeness (QED) is 0.604. The van der Waals surface area contributed by atoms with E-state index in [9.17, 15) is 0 Å². The molecule has 0 aromatic heterocycles. The van der Waals surface area contributed by atoms with Crippen LogP contribution >= 0.6 is 15.9 Å². The summed E-state index contributed by atoms with van der Waals surface area (Å²) in [6.45, 7) is 0.960. The van der Waals surface area contributed by atoms with Gasteiger partial charge >= 0.3 is 0 Å². The lowest BCUT2D eigenvalue weighted by Gasteiger charge is -2.20. The van der Waals surface area contributed by atoms with Crippen LogP contribution in [0, 0.1) is 0 Å². The molecular weight excluding hydrogens is 372 g/mol. The molecule has 0 amide bonds. The average molecular weight is 397 g/mol. The van der Waals surface area contributed by atoms with Crippen LogP contribution in [0.15, 0.2) is 51.9 Å². The molecule has 0 bridgehead atoms. The van der Waals surface area contributed by atoms with Crippen molar-refractivity contribution < 1.29 is 0 Å². The lowest BCUT2D eigenvalue weighted by molar-refractivity contribution is 0.589. The number of nitrogens with one attached hydrogen (secondary N) is 1. The molecule has 130 valence electrons. The number of aliphatic imine (C=N–C) groups is 1. The molecule has 1 atom stereocenters. The van der Waals surface area contributed by atoms with E-state index in [0.29, 0.717) is 0 Å². The van der Waals surface area contributed by atoms with Crippen molar-refractivity contribution in [3.8, 4) is 11.1 Å². The number of nitrogens with zero attached hydrogens (tertiary/aromatic N) is 1. The maximum Gasteiger partial charge on any atom is 0.0970 e. The Morgan fingerprint density at radius 2 is 1.60 bits per heavy atom. The highest BCUT2D eigenvalue weighted by atomic mass is 79.9. The van der Waals surface area contributed by atoms with Gasteiger partial charge in [-0.2, -0.15) is 0 Å². The molecule has 1 unspecified atom stereocenters. The smallest absolute Gasteiger partial charge is 0.0970 e. The minimum atomic E-state index is 0.213. The fraction of sp³-hybridized carbons (Fsp3) is 0.409. The molecule has 1 N–H and O–H groups in total. The van der Waals surface area contributed by atoms with E-state index in [2.05, 4.69) is 63.7 Å². The fourth-order valence-corrected chi connectivity index (χ4v) is 4.65. The normalized spacial score (nSPS) is 20.4. The summed E-state index contributed by atoms with van der Waals surface area (Å²) >= 11 is 3.75. The van der Waals surface area contributed by atoms with Gasteiger partial charge in [0.15, 0.2) is 0 Å². The Kier molecular flexibility index (Phi) is 5.21. The van der Waals surface area contributed by atoms with Crippen molar-refractivity contribution in [2.24, 2.45) is 4.99 Å². The summed E-state index contributed by atoms with van der Waals surface area (Å²) in [6.07, 6.45) is 8.91. The first-order valence-electron chi connectivity index (χ1n) is 9.52. The Labute approximate surface area is 158 Å². The van der Waals surface area contributed by atoms with E-state index < -0.39 is 0 Å². The largest absolute Gasteiger partial charge is 0.363 e. The molecular formula is C22H25BrN2. The molecule has 0 radical (unpaired) electrons. The SMILES string of the molecule is Brc1cccc2c1-c1ccccc1C2NC1=NCCCCCCCC1. The minimum Gasteiger partial charge on any atom is -0.363 e. The van der Waals surface area contributed by atoms with Crippen LogP contribution in [0.4, 0.5) is 0 Å².